The lowest BCUT2D eigenvalue weighted by molar-refractivity contribution is 0.303. The number of benzene rings is 1. The minimum absolute atomic E-state index is 0.204. The van der Waals surface area contributed by atoms with Gasteiger partial charge in [0, 0.05) is 6.04 Å². The minimum atomic E-state index is 0.204. The van der Waals surface area contributed by atoms with Gasteiger partial charge in [-0.25, -0.2) is 0 Å². The van der Waals surface area contributed by atoms with E-state index >= 15 is 0 Å². The van der Waals surface area contributed by atoms with E-state index in [1.807, 2.05) is 0 Å². The van der Waals surface area contributed by atoms with E-state index in [2.05, 4.69) is 57.4 Å². The molecule has 20 heavy (non-hydrogen) atoms. The highest BCUT2D eigenvalue weighted by Crippen LogP contribution is 2.72. The average Bonchev–Trinajstić information content (AvgIpc) is 3.26. The van der Waals surface area contributed by atoms with Crippen molar-refractivity contribution in [3.05, 3.63) is 29.8 Å². The first-order valence-corrected chi connectivity index (χ1v) is 7.60. The third-order valence-electron chi connectivity index (χ3n) is 5.71. The van der Waals surface area contributed by atoms with Gasteiger partial charge in [0.05, 0.1) is 6.10 Å². The van der Waals surface area contributed by atoms with Crippen molar-refractivity contribution in [2.75, 3.05) is 0 Å². The van der Waals surface area contributed by atoms with E-state index in [0.29, 0.717) is 22.9 Å². The Hall–Kier alpha value is -1.06. The number of hydrogen-bond donors (Lipinski definition) is 2. The average molecular weight is 274 g/mol. The van der Waals surface area contributed by atoms with Crippen molar-refractivity contribution >= 4 is 0 Å². The summed E-state index contributed by atoms with van der Waals surface area (Å²) in [5.74, 6) is 7.36. The van der Waals surface area contributed by atoms with Crippen LogP contribution in [0.4, 0.5) is 0 Å². The van der Waals surface area contributed by atoms with Crippen LogP contribution in [0, 0.1) is 16.7 Å². The molecule has 3 rings (SSSR count). The molecule has 3 heteroatoms. The zero-order valence-electron chi connectivity index (χ0n) is 12.9. The number of hydrazine groups is 1. The molecule has 0 amide bonds. The van der Waals surface area contributed by atoms with Gasteiger partial charge >= 0.3 is 0 Å². The van der Waals surface area contributed by atoms with Crippen molar-refractivity contribution < 1.29 is 4.74 Å². The van der Waals surface area contributed by atoms with Crippen LogP contribution in [-0.2, 0) is 0 Å². The third-order valence-corrected chi connectivity index (χ3v) is 5.71. The molecule has 1 aromatic rings. The van der Waals surface area contributed by atoms with Crippen molar-refractivity contribution in [3.8, 4) is 5.75 Å². The van der Waals surface area contributed by atoms with Crippen LogP contribution in [-0.4, -0.2) is 6.10 Å². The van der Waals surface area contributed by atoms with Crippen LogP contribution < -0.4 is 16.0 Å². The molecule has 0 aromatic heterocycles. The van der Waals surface area contributed by atoms with Gasteiger partial charge in [-0.2, -0.15) is 0 Å². The van der Waals surface area contributed by atoms with Gasteiger partial charge in [-0.1, -0.05) is 39.8 Å². The molecule has 0 radical (unpaired) electrons. The standard InChI is InChI=1S/C17H26N2O/c1-16(2)15(17(16,3)4)14(19-18)11-5-7-12(8-6-11)20-13-9-10-13/h5-8,13-15,19H,9-10,18H2,1-4H3. The first kappa shape index (κ1) is 13.9. The second-order valence-electron chi connectivity index (χ2n) is 7.45. The first-order valence-electron chi connectivity index (χ1n) is 7.60. The summed E-state index contributed by atoms with van der Waals surface area (Å²) in [7, 11) is 0. The van der Waals surface area contributed by atoms with Crippen LogP contribution >= 0.6 is 0 Å². The molecule has 1 aromatic carbocycles. The summed E-state index contributed by atoms with van der Waals surface area (Å²) in [4.78, 5) is 0. The van der Waals surface area contributed by atoms with Gasteiger partial charge in [0.25, 0.3) is 0 Å². The van der Waals surface area contributed by atoms with Crippen LogP contribution in [0.1, 0.15) is 52.1 Å². The maximum Gasteiger partial charge on any atom is 0.119 e. The van der Waals surface area contributed by atoms with Crippen molar-refractivity contribution in [2.24, 2.45) is 22.6 Å². The maximum atomic E-state index is 5.84. The molecule has 110 valence electrons. The van der Waals surface area contributed by atoms with Gasteiger partial charge < -0.3 is 4.74 Å². The fraction of sp³-hybridized carbons (Fsp3) is 0.647. The van der Waals surface area contributed by atoms with Gasteiger partial charge in [-0.05, 0) is 47.3 Å². The van der Waals surface area contributed by atoms with Crippen LogP contribution in [0.15, 0.2) is 24.3 Å². The second-order valence-corrected chi connectivity index (χ2v) is 7.45. The summed E-state index contributed by atoms with van der Waals surface area (Å²) in [6.07, 6.45) is 2.84. The van der Waals surface area contributed by atoms with Gasteiger partial charge in [0.2, 0.25) is 0 Å². The van der Waals surface area contributed by atoms with Gasteiger partial charge in [0.1, 0.15) is 5.75 Å². The Bertz CT molecular complexity index is 474. The number of nitrogens with one attached hydrogen (secondary N) is 1. The summed E-state index contributed by atoms with van der Waals surface area (Å²) < 4.78 is 5.80. The molecule has 0 spiro atoms. The zero-order chi connectivity index (χ0) is 14.5. The highest BCUT2D eigenvalue weighted by atomic mass is 16.5. The molecule has 0 bridgehead atoms. The number of ether oxygens (including phenoxy) is 1. The van der Waals surface area contributed by atoms with Crippen molar-refractivity contribution in [2.45, 2.75) is 52.7 Å². The first-order chi connectivity index (χ1) is 9.38. The molecule has 2 fully saturated rings. The lowest BCUT2D eigenvalue weighted by Crippen LogP contribution is -2.31. The molecule has 3 nitrogen and oxygen atoms in total. The van der Waals surface area contributed by atoms with E-state index in [4.69, 9.17) is 10.6 Å². The molecule has 1 atom stereocenters. The fourth-order valence-electron chi connectivity index (χ4n) is 3.60. The Morgan fingerprint density at radius 1 is 1.10 bits per heavy atom. The summed E-state index contributed by atoms with van der Waals surface area (Å²) >= 11 is 0. The number of rotatable bonds is 5. The predicted octanol–water partition coefficient (Wildman–Crippen LogP) is 3.41. The highest BCUT2D eigenvalue weighted by Gasteiger charge is 2.67. The normalized spacial score (nSPS) is 25.2. The van der Waals surface area contributed by atoms with E-state index in [0.717, 1.165) is 5.75 Å². The molecule has 2 aliphatic carbocycles. The van der Waals surface area contributed by atoms with Crippen LogP contribution in [0.2, 0.25) is 0 Å². The predicted molar refractivity (Wildman–Crippen MR) is 81.2 cm³/mol. The summed E-state index contributed by atoms with van der Waals surface area (Å²) in [6.45, 7) is 9.30. The van der Waals surface area contributed by atoms with E-state index in [9.17, 15) is 0 Å². The Kier molecular flexibility index (Phi) is 3.11. The van der Waals surface area contributed by atoms with E-state index in [1.54, 1.807) is 0 Å². The van der Waals surface area contributed by atoms with Gasteiger partial charge in [-0.3, -0.25) is 11.3 Å². The Morgan fingerprint density at radius 3 is 2.05 bits per heavy atom. The fourth-order valence-corrected chi connectivity index (χ4v) is 3.60. The van der Waals surface area contributed by atoms with Crippen molar-refractivity contribution in [1.82, 2.24) is 5.43 Å². The molecular weight excluding hydrogens is 248 g/mol. The Labute approximate surface area is 121 Å². The Morgan fingerprint density at radius 2 is 1.65 bits per heavy atom. The quantitative estimate of drug-likeness (QED) is 0.639. The molecule has 2 saturated carbocycles. The summed E-state index contributed by atoms with van der Waals surface area (Å²) in [6, 6.07) is 8.63. The van der Waals surface area contributed by atoms with Crippen LogP contribution in [0.3, 0.4) is 0 Å². The molecule has 0 heterocycles. The Balaban J connectivity index is 1.76. The number of nitrogens with two attached hydrogens (primary N) is 1. The lowest BCUT2D eigenvalue weighted by atomic mass is 9.97. The van der Waals surface area contributed by atoms with Crippen LogP contribution in [0.25, 0.3) is 0 Å². The molecule has 3 N–H and O–H groups in total. The molecule has 0 aliphatic heterocycles. The minimum Gasteiger partial charge on any atom is -0.490 e. The topological polar surface area (TPSA) is 47.3 Å². The summed E-state index contributed by atoms with van der Waals surface area (Å²) in [5, 5.41) is 0. The molecule has 2 aliphatic rings. The van der Waals surface area contributed by atoms with Crippen molar-refractivity contribution in [3.63, 3.8) is 0 Å². The van der Waals surface area contributed by atoms with Gasteiger partial charge in [-0.15, -0.1) is 0 Å². The second kappa shape index (κ2) is 4.47. The SMILES string of the molecule is CC1(C)C(C(NN)c2ccc(OC3CC3)cc2)C1(C)C. The zero-order valence-corrected chi connectivity index (χ0v) is 12.9. The van der Waals surface area contributed by atoms with E-state index < -0.39 is 0 Å². The monoisotopic (exact) mass is 274 g/mol. The highest BCUT2D eigenvalue weighted by molar-refractivity contribution is 5.33. The maximum absolute atomic E-state index is 5.84. The van der Waals surface area contributed by atoms with Crippen LogP contribution in [0.5, 0.6) is 5.75 Å². The molecule has 0 saturated heterocycles. The van der Waals surface area contributed by atoms with E-state index in [-0.39, 0.29) is 6.04 Å². The third kappa shape index (κ3) is 2.13. The van der Waals surface area contributed by atoms with E-state index in [1.165, 1.54) is 18.4 Å². The molecular formula is C17H26N2O. The van der Waals surface area contributed by atoms with Gasteiger partial charge in [0.15, 0.2) is 0 Å². The molecule has 1 unspecified atom stereocenters. The largest absolute Gasteiger partial charge is 0.490 e. The lowest BCUT2D eigenvalue weighted by Gasteiger charge is -2.19. The smallest absolute Gasteiger partial charge is 0.119 e. The number of hydrogen-bond acceptors (Lipinski definition) is 3. The van der Waals surface area contributed by atoms with Crippen molar-refractivity contribution in [1.29, 1.82) is 0 Å². The summed E-state index contributed by atoms with van der Waals surface area (Å²) in [5.41, 5.74) is 4.90.